The fourth-order valence-corrected chi connectivity index (χ4v) is 3.98. The Bertz CT molecular complexity index is 319. The Morgan fingerprint density at radius 3 is 2.55 bits per heavy atom. The van der Waals surface area contributed by atoms with Crippen LogP contribution in [0.1, 0.15) is 32.1 Å². The first-order chi connectivity index (χ1) is 9.86. The molecule has 2 atom stereocenters. The van der Waals surface area contributed by atoms with E-state index in [1.807, 2.05) is 0 Å². The zero-order valence-corrected chi connectivity index (χ0v) is 12.3. The van der Waals surface area contributed by atoms with E-state index < -0.39 is 0 Å². The van der Waals surface area contributed by atoms with E-state index in [2.05, 4.69) is 26.7 Å². The molecule has 3 aliphatic rings. The van der Waals surface area contributed by atoms with E-state index in [1.165, 1.54) is 58.3 Å². The number of rotatable bonds is 4. The molecule has 1 N–H and O–H groups in total. The average Bonchev–Trinajstić information content (AvgIpc) is 2.97. The minimum Gasteiger partial charge on any atom is -0.299 e. The van der Waals surface area contributed by atoms with E-state index in [0.717, 1.165) is 25.5 Å². The summed E-state index contributed by atoms with van der Waals surface area (Å²) in [7, 11) is 0. The standard InChI is InChI=1S/C15H27N4O/c20-13-16-19-10-6-15(12-19)18-9-4-5-14(11-18)17-7-2-1-3-8-17/h1,13-15H,2-12H2,(H,16,20). The molecule has 0 spiro atoms. The first-order valence-corrected chi connectivity index (χ1v) is 8.11. The second kappa shape index (κ2) is 6.87. The van der Waals surface area contributed by atoms with Crippen molar-refractivity contribution in [2.75, 3.05) is 39.3 Å². The van der Waals surface area contributed by atoms with Gasteiger partial charge in [-0.3, -0.25) is 20.0 Å². The molecule has 0 aliphatic carbocycles. The zero-order valence-electron chi connectivity index (χ0n) is 12.3. The van der Waals surface area contributed by atoms with Crippen molar-refractivity contribution in [3.63, 3.8) is 0 Å². The van der Waals surface area contributed by atoms with Crippen LogP contribution in [0.25, 0.3) is 0 Å². The maximum absolute atomic E-state index is 10.5. The molecule has 3 aliphatic heterocycles. The van der Waals surface area contributed by atoms with E-state index in [1.54, 1.807) is 0 Å². The quantitative estimate of drug-likeness (QED) is 0.760. The lowest BCUT2D eigenvalue weighted by Crippen LogP contribution is -2.53. The van der Waals surface area contributed by atoms with Gasteiger partial charge in [-0.2, -0.15) is 0 Å². The van der Waals surface area contributed by atoms with Crippen LogP contribution in [0.4, 0.5) is 0 Å². The van der Waals surface area contributed by atoms with Gasteiger partial charge in [-0.15, -0.1) is 0 Å². The lowest BCUT2D eigenvalue weighted by atomic mass is 9.99. The van der Waals surface area contributed by atoms with Crippen LogP contribution < -0.4 is 5.43 Å². The fraction of sp³-hybridized carbons (Fsp3) is 0.867. The van der Waals surface area contributed by atoms with Crippen LogP contribution in [0.3, 0.4) is 0 Å². The molecule has 0 aromatic carbocycles. The molecule has 1 amide bonds. The van der Waals surface area contributed by atoms with Crippen molar-refractivity contribution >= 4 is 6.41 Å². The topological polar surface area (TPSA) is 38.8 Å². The third-order valence-electron chi connectivity index (χ3n) is 5.10. The number of amides is 1. The van der Waals surface area contributed by atoms with Gasteiger partial charge in [0.25, 0.3) is 0 Å². The largest absolute Gasteiger partial charge is 0.299 e. The average molecular weight is 279 g/mol. The molecule has 3 heterocycles. The Morgan fingerprint density at radius 2 is 1.75 bits per heavy atom. The van der Waals surface area contributed by atoms with Crippen molar-refractivity contribution in [2.24, 2.45) is 0 Å². The van der Waals surface area contributed by atoms with Crippen LogP contribution in [0.2, 0.25) is 0 Å². The van der Waals surface area contributed by atoms with E-state index in [9.17, 15) is 4.79 Å². The van der Waals surface area contributed by atoms with E-state index in [4.69, 9.17) is 0 Å². The molecule has 5 nitrogen and oxygen atoms in total. The first-order valence-electron chi connectivity index (χ1n) is 8.11. The number of carbonyl (C=O) groups excluding carboxylic acids is 1. The normalized spacial score (nSPS) is 34.2. The van der Waals surface area contributed by atoms with Gasteiger partial charge in [0.05, 0.1) is 0 Å². The fourth-order valence-electron chi connectivity index (χ4n) is 3.98. The van der Waals surface area contributed by atoms with Crippen LogP contribution in [-0.2, 0) is 4.79 Å². The van der Waals surface area contributed by atoms with Gasteiger partial charge in [0.1, 0.15) is 0 Å². The van der Waals surface area contributed by atoms with Gasteiger partial charge < -0.3 is 0 Å². The summed E-state index contributed by atoms with van der Waals surface area (Å²) in [6.45, 7) is 6.93. The summed E-state index contributed by atoms with van der Waals surface area (Å²) in [5, 5.41) is 2.05. The molecule has 5 heteroatoms. The monoisotopic (exact) mass is 279 g/mol. The van der Waals surface area contributed by atoms with Crippen molar-refractivity contribution in [1.82, 2.24) is 20.2 Å². The highest BCUT2D eigenvalue weighted by atomic mass is 16.1. The first kappa shape index (κ1) is 14.3. The summed E-state index contributed by atoms with van der Waals surface area (Å²) in [6.07, 6.45) is 9.61. The van der Waals surface area contributed by atoms with Crippen LogP contribution >= 0.6 is 0 Å². The predicted molar refractivity (Wildman–Crippen MR) is 78.9 cm³/mol. The molecule has 1 radical (unpaired) electrons. The van der Waals surface area contributed by atoms with Gasteiger partial charge in [-0.1, -0.05) is 0 Å². The second-order valence-electron chi connectivity index (χ2n) is 6.33. The zero-order chi connectivity index (χ0) is 13.8. The third-order valence-corrected chi connectivity index (χ3v) is 5.10. The van der Waals surface area contributed by atoms with Gasteiger partial charge in [0, 0.05) is 31.7 Å². The molecule has 0 aromatic heterocycles. The van der Waals surface area contributed by atoms with Gasteiger partial charge in [-0.05, 0) is 58.2 Å². The summed E-state index contributed by atoms with van der Waals surface area (Å²) in [6, 6.07) is 1.38. The van der Waals surface area contributed by atoms with Gasteiger partial charge in [0.15, 0.2) is 0 Å². The lowest BCUT2D eigenvalue weighted by Gasteiger charge is -2.43. The van der Waals surface area contributed by atoms with E-state index in [0.29, 0.717) is 6.04 Å². The van der Waals surface area contributed by atoms with E-state index in [-0.39, 0.29) is 0 Å². The van der Waals surface area contributed by atoms with Crippen molar-refractivity contribution in [1.29, 1.82) is 0 Å². The molecule has 0 aromatic rings. The van der Waals surface area contributed by atoms with Crippen molar-refractivity contribution < 1.29 is 4.79 Å². The molecular formula is C15H27N4O. The highest BCUT2D eigenvalue weighted by Crippen LogP contribution is 2.24. The van der Waals surface area contributed by atoms with Crippen molar-refractivity contribution in [3.8, 4) is 0 Å². The maximum Gasteiger partial charge on any atom is 0.221 e. The van der Waals surface area contributed by atoms with Gasteiger partial charge in [-0.25, -0.2) is 5.01 Å². The molecular weight excluding hydrogens is 252 g/mol. The molecule has 0 saturated carbocycles. The smallest absolute Gasteiger partial charge is 0.221 e. The van der Waals surface area contributed by atoms with Gasteiger partial charge in [0.2, 0.25) is 6.41 Å². The molecule has 3 fully saturated rings. The maximum atomic E-state index is 10.5. The Hall–Kier alpha value is -0.650. The number of hydrazine groups is 1. The molecule has 113 valence electrons. The van der Waals surface area contributed by atoms with Gasteiger partial charge >= 0.3 is 0 Å². The second-order valence-corrected chi connectivity index (χ2v) is 6.33. The highest BCUT2D eigenvalue weighted by molar-refractivity contribution is 5.45. The molecule has 2 unspecified atom stereocenters. The lowest BCUT2D eigenvalue weighted by molar-refractivity contribution is -0.113. The van der Waals surface area contributed by atoms with Crippen LogP contribution in [0, 0.1) is 6.42 Å². The number of nitrogens with zero attached hydrogens (tertiary/aromatic N) is 3. The predicted octanol–water partition coefficient (Wildman–Crippen LogP) is 0.486. The number of piperidine rings is 2. The number of nitrogens with one attached hydrogen (secondary N) is 1. The Balaban J connectivity index is 1.51. The number of likely N-dealkylation sites (tertiary alicyclic amines) is 2. The SMILES string of the molecule is O=CNN1CCC(N2CCCC(N3CC[CH]CC3)C2)C1. The Kier molecular flexibility index (Phi) is 4.91. The molecule has 0 bridgehead atoms. The minimum atomic E-state index is 0.626. The minimum absolute atomic E-state index is 0.626. The highest BCUT2D eigenvalue weighted by Gasteiger charge is 2.33. The molecule has 3 saturated heterocycles. The van der Waals surface area contributed by atoms with Crippen molar-refractivity contribution in [2.45, 2.75) is 44.2 Å². The molecule has 3 rings (SSSR count). The summed E-state index contributed by atoms with van der Waals surface area (Å²) < 4.78 is 0. The number of hydrogen-bond acceptors (Lipinski definition) is 4. The van der Waals surface area contributed by atoms with Crippen LogP contribution in [0.15, 0.2) is 0 Å². The van der Waals surface area contributed by atoms with Crippen molar-refractivity contribution in [3.05, 3.63) is 6.42 Å². The number of hydrogen-bond donors (Lipinski definition) is 1. The molecule has 20 heavy (non-hydrogen) atoms. The van der Waals surface area contributed by atoms with E-state index >= 15 is 0 Å². The summed E-state index contributed by atoms with van der Waals surface area (Å²) in [4.78, 5) is 15.9. The van der Waals surface area contributed by atoms with Crippen LogP contribution in [0.5, 0.6) is 0 Å². The van der Waals surface area contributed by atoms with Crippen LogP contribution in [-0.4, -0.2) is 72.6 Å². The number of carbonyl (C=O) groups is 1. The Labute approximate surface area is 122 Å². The Morgan fingerprint density at radius 1 is 0.950 bits per heavy atom. The third kappa shape index (κ3) is 3.32. The summed E-state index contributed by atoms with van der Waals surface area (Å²) >= 11 is 0. The summed E-state index contributed by atoms with van der Waals surface area (Å²) in [5.41, 5.74) is 2.80. The summed E-state index contributed by atoms with van der Waals surface area (Å²) in [5.74, 6) is 0.